The number of hydrogen-bond acceptors (Lipinski definition) is 4. The highest BCUT2D eigenvalue weighted by Crippen LogP contribution is 2.44. The maximum absolute atomic E-state index is 12.2. The molecule has 0 atom stereocenters. The number of aromatic carboxylic acids is 1. The molecule has 0 unspecified atom stereocenters. The van der Waals surface area contributed by atoms with Gasteiger partial charge >= 0.3 is 12.1 Å². The zero-order valence-corrected chi connectivity index (χ0v) is 15.4. The molecule has 27 heavy (non-hydrogen) atoms. The van der Waals surface area contributed by atoms with Crippen LogP contribution in [0.3, 0.4) is 0 Å². The Balaban J connectivity index is 1.48. The molecule has 2 N–H and O–H groups in total. The van der Waals surface area contributed by atoms with Gasteiger partial charge in [0, 0.05) is 10.8 Å². The normalized spacial score (nSPS) is 12.3. The Morgan fingerprint density at radius 3 is 2.22 bits per heavy atom. The predicted octanol–water partition coefficient (Wildman–Crippen LogP) is 5.12. The molecule has 0 saturated carbocycles. The van der Waals surface area contributed by atoms with Crippen LogP contribution in [0.25, 0.3) is 11.1 Å². The number of anilines is 1. The van der Waals surface area contributed by atoms with Gasteiger partial charge in [-0.05, 0) is 35.2 Å². The number of amides is 1. The van der Waals surface area contributed by atoms with Crippen LogP contribution in [0.4, 0.5) is 9.80 Å². The van der Waals surface area contributed by atoms with Gasteiger partial charge in [0.05, 0.1) is 10.6 Å². The van der Waals surface area contributed by atoms with Crippen LogP contribution >= 0.6 is 11.3 Å². The summed E-state index contributed by atoms with van der Waals surface area (Å²) >= 11 is 1.21. The summed E-state index contributed by atoms with van der Waals surface area (Å²) in [5.41, 5.74) is 4.82. The largest absolute Gasteiger partial charge is 0.478 e. The molecule has 5 nitrogen and oxygen atoms in total. The average Bonchev–Trinajstić information content (AvgIpc) is 3.18. The van der Waals surface area contributed by atoms with Gasteiger partial charge in [0.25, 0.3) is 0 Å². The molecule has 0 bridgehead atoms. The lowest BCUT2D eigenvalue weighted by molar-refractivity contribution is 0.0696. The lowest BCUT2D eigenvalue weighted by Gasteiger charge is -2.14. The zero-order valence-electron chi connectivity index (χ0n) is 14.6. The Bertz CT molecular complexity index is 995. The molecular weight excluding hydrogens is 362 g/mol. The maximum atomic E-state index is 12.2. The molecule has 4 rings (SSSR count). The third-order valence-corrected chi connectivity index (χ3v) is 5.68. The fraction of sp³-hybridized carbons (Fsp3) is 0.143. The van der Waals surface area contributed by atoms with Crippen molar-refractivity contribution < 1.29 is 19.4 Å². The predicted molar refractivity (Wildman–Crippen MR) is 105 cm³/mol. The number of carbonyl (C=O) groups is 2. The van der Waals surface area contributed by atoms with Gasteiger partial charge in [-0.2, -0.15) is 0 Å². The van der Waals surface area contributed by atoms with Gasteiger partial charge in [-0.1, -0.05) is 48.5 Å². The van der Waals surface area contributed by atoms with E-state index >= 15 is 0 Å². The third kappa shape index (κ3) is 3.19. The Labute approximate surface area is 160 Å². The zero-order chi connectivity index (χ0) is 19.0. The highest BCUT2D eigenvalue weighted by atomic mass is 32.1. The molecule has 1 amide bonds. The summed E-state index contributed by atoms with van der Waals surface area (Å²) in [6, 6.07) is 17.7. The van der Waals surface area contributed by atoms with Crippen molar-refractivity contribution in [2.45, 2.75) is 12.8 Å². The second-order valence-corrected chi connectivity index (χ2v) is 7.59. The maximum Gasteiger partial charge on any atom is 0.412 e. The van der Waals surface area contributed by atoms with Crippen molar-refractivity contribution in [3.63, 3.8) is 0 Å². The Hall–Kier alpha value is -3.12. The third-order valence-electron chi connectivity index (χ3n) is 4.72. The van der Waals surface area contributed by atoms with Crippen LogP contribution in [-0.2, 0) is 4.74 Å². The number of carboxylic acid groups (broad SMARTS) is 1. The SMILES string of the molecule is Cc1sc(NC(=O)OCC2c3ccccc3-c3ccccc32)cc1C(=O)O. The Kier molecular flexibility index (Phi) is 4.41. The number of benzene rings is 2. The van der Waals surface area contributed by atoms with E-state index in [-0.39, 0.29) is 18.1 Å². The number of fused-ring (bicyclic) bond motifs is 3. The number of rotatable bonds is 4. The average molecular weight is 379 g/mol. The van der Waals surface area contributed by atoms with E-state index < -0.39 is 12.1 Å². The first kappa shape index (κ1) is 17.3. The molecule has 0 aliphatic heterocycles. The first-order valence-corrected chi connectivity index (χ1v) is 9.32. The summed E-state index contributed by atoms with van der Waals surface area (Å²) in [5.74, 6) is -1.02. The van der Waals surface area contributed by atoms with Crippen molar-refractivity contribution >= 4 is 28.4 Å². The highest BCUT2D eigenvalue weighted by molar-refractivity contribution is 7.16. The Morgan fingerprint density at radius 2 is 1.67 bits per heavy atom. The summed E-state index contributed by atoms with van der Waals surface area (Å²) in [6.45, 7) is 1.92. The van der Waals surface area contributed by atoms with E-state index in [0.29, 0.717) is 9.88 Å². The summed E-state index contributed by atoms with van der Waals surface area (Å²) < 4.78 is 5.46. The topological polar surface area (TPSA) is 75.6 Å². The molecule has 136 valence electrons. The summed E-state index contributed by atoms with van der Waals surface area (Å²) in [4.78, 5) is 24.0. The first-order valence-electron chi connectivity index (χ1n) is 8.50. The van der Waals surface area contributed by atoms with Gasteiger partial charge in [-0.3, -0.25) is 5.32 Å². The van der Waals surface area contributed by atoms with Crippen molar-refractivity contribution in [2.75, 3.05) is 11.9 Å². The molecule has 1 aliphatic rings. The monoisotopic (exact) mass is 379 g/mol. The molecule has 1 aliphatic carbocycles. The molecule has 0 saturated heterocycles. The number of carbonyl (C=O) groups excluding carboxylic acids is 1. The minimum Gasteiger partial charge on any atom is -0.478 e. The highest BCUT2D eigenvalue weighted by Gasteiger charge is 2.29. The molecule has 1 aromatic heterocycles. The van der Waals surface area contributed by atoms with Crippen LogP contribution in [0.5, 0.6) is 0 Å². The minimum atomic E-state index is -1.01. The first-order chi connectivity index (χ1) is 13.0. The Morgan fingerprint density at radius 1 is 1.07 bits per heavy atom. The van der Waals surface area contributed by atoms with E-state index in [4.69, 9.17) is 9.84 Å². The summed E-state index contributed by atoms with van der Waals surface area (Å²) in [5, 5.41) is 12.2. The molecule has 3 aromatic rings. The number of carboxylic acids is 1. The van der Waals surface area contributed by atoms with E-state index in [1.807, 2.05) is 24.3 Å². The lowest BCUT2D eigenvalue weighted by Crippen LogP contribution is -2.17. The van der Waals surface area contributed by atoms with E-state index in [1.165, 1.54) is 28.5 Å². The van der Waals surface area contributed by atoms with Gasteiger partial charge in [0.15, 0.2) is 0 Å². The van der Waals surface area contributed by atoms with Crippen molar-refractivity contribution in [1.29, 1.82) is 0 Å². The van der Waals surface area contributed by atoms with Gasteiger partial charge in [0.1, 0.15) is 6.61 Å². The molecule has 6 heteroatoms. The van der Waals surface area contributed by atoms with Gasteiger partial charge < -0.3 is 9.84 Å². The van der Waals surface area contributed by atoms with E-state index in [2.05, 4.69) is 29.6 Å². The second-order valence-electron chi connectivity index (χ2n) is 6.34. The fourth-order valence-corrected chi connectivity index (χ4v) is 4.39. The van der Waals surface area contributed by atoms with Crippen LogP contribution in [0.2, 0.25) is 0 Å². The van der Waals surface area contributed by atoms with Gasteiger partial charge in [-0.15, -0.1) is 11.3 Å². The van der Waals surface area contributed by atoms with Gasteiger partial charge in [-0.25, -0.2) is 9.59 Å². The lowest BCUT2D eigenvalue weighted by atomic mass is 9.98. The van der Waals surface area contributed by atoms with Crippen LogP contribution in [0.1, 0.15) is 32.3 Å². The molecule has 2 aromatic carbocycles. The van der Waals surface area contributed by atoms with Crippen molar-refractivity contribution in [3.05, 3.63) is 76.2 Å². The summed E-state index contributed by atoms with van der Waals surface area (Å²) in [7, 11) is 0. The van der Waals surface area contributed by atoms with Gasteiger partial charge in [0.2, 0.25) is 0 Å². The number of thiophene rings is 1. The number of hydrogen-bond donors (Lipinski definition) is 2. The molecular formula is C21H17NO4S. The van der Waals surface area contributed by atoms with E-state index in [0.717, 1.165) is 11.1 Å². The van der Waals surface area contributed by atoms with Crippen LogP contribution < -0.4 is 5.32 Å². The van der Waals surface area contributed by atoms with Crippen molar-refractivity contribution in [2.24, 2.45) is 0 Å². The molecule has 0 radical (unpaired) electrons. The minimum absolute atomic E-state index is 0.0113. The fourth-order valence-electron chi connectivity index (χ4n) is 3.49. The second kappa shape index (κ2) is 6.89. The standard InChI is InChI=1S/C21H17NO4S/c1-12-17(20(23)24)10-19(27-12)22-21(25)26-11-18-15-8-4-2-6-13(15)14-7-3-5-9-16(14)18/h2-10,18H,11H2,1H3,(H,22,25)(H,23,24). The quantitative estimate of drug-likeness (QED) is 0.660. The van der Waals surface area contributed by atoms with Crippen LogP contribution in [-0.4, -0.2) is 23.8 Å². The van der Waals surface area contributed by atoms with Crippen molar-refractivity contribution in [3.8, 4) is 11.1 Å². The summed E-state index contributed by atoms with van der Waals surface area (Å²) in [6.07, 6.45) is -0.588. The number of aryl methyl sites for hydroxylation is 1. The van der Waals surface area contributed by atoms with E-state index in [9.17, 15) is 9.59 Å². The molecule has 0 fully saturated rings. The molecule has 0 spiro atoms. The van der Waals surface area contributed by atoms with E-state index in [1.54, 1.807) is 6.92 Å². The number of nitrogens with one attached hydrogen (secondary N) is 1. The van der Waals surface area contributed by atoms with Crippen molar-refractivity contribution in [1.82, 2.24) is 0 Å². The smallest absolute Gasteiger partial charge is 0.412 e. The molecule has 1 heterocycles. The van der Waals surface area contributed by atoms with Crippen LogP contribution in [0.15, 0.2) is 54.6 Å². The van der Waals surface area contributed by atoms with Crippen LogP contribution in [0, 0.1) is 6.92 Å². The number of ether oxygens (including phenoxy) is 1.